The van der Waals surface area contributed by atoms with Crippen molar-refractivity contribution in [3.63, 3.8) is 0 Å². The van der Waals surface area contributed by atoms with Gasteiger partial charge in [0.1, 0.15) is 6.33 Å². The van der Waals surface area contributed by atoms with Crippen molar-refractivity contribution in [1.29, 1.82) is 0 Å². The highest BCUT2D eigenvalue weighted by Crippen LogP contribution is 2.38. The van der Waals surface area contributed by atoms with Gasteiger partial charge in [0, 0.05) is 5.54 Å². The summed E-state index contributed by atoms with van der Waals surface area (Å²) in [6, 6.07) is 0. The van der Waals surface area contributed by atoms with Crippen molar-refractivity contribution in [1.82, 2.24) is 14.8 Å². The quantitative estimate of drug-likeness (QED) is 0.813. The van der Waals surface area contributed by atoms with E-state index < -0.39 is 5.97 Å². The standard InChI is InChI=1S/C10H15N3O2S/c1-10(4-2-3-5-10)13-7-11-12-9(13)16-6-8(14)15/h7H,2-6H2,1H3,(H,14,15). The molecule has 0 unspecified atom stereocenters. The predicted molar refractivity (Wildman–Crippen MR) is 60.5 cm³/mol. The van der Waals surface area contributed by atoms with Gasteiger partial charge in [0.05, 0.1) is 5.75 Å². The number of nitrogens with zero attached hydrogens (tertiary/aromatic N) is 3. The third-order valence-electron chi connectivity index (χ3n) is 3.10. The molecule has 0 aromatic carbocycles. The Hall–Kier alpha value is -1.04. The average Bonchev–Trinajstić information content (AvgIpc) is 2.83. The molecule has 0 atom stereocenters. The molecule has 0 radical (unpaired) electrons. The van der Waals surface area contributed by atoms with Gasteiger partial charge in [-0.15, -0.1) is 10.2 Å². The minimum absolute atomic E-state index is 0.0365. The smallest absolute Gasteiger partial charge is 0.313 e. The molecule has 0 saturated heterocycles. The third kappa shape index (κ3) is 2.21. The highest BCUT2D eigenvalue weighted by Gasteiger charge is 2.32. The van der Waals surface area contributed by atoms with Crippen LogP contribution in [0.25, 0.3) is 0 Å². The summed E-state index contributed by atoms with van der Waals surface area (Å²) in [6.45, 7) is 2.19. The van der Waals surface area contributed by atoms with E-state index in [2.05, 4.69) is 17.1 Å². The Bertz CT molecular complexity index is 385. The first-order valence-electron chi connectivity index (χ1n) is 5.37. The van der Waals surface area contributed by atoms with Crippen LogP contribution in [-0.2, 0) is 10.3 Å². The number of rotatable bonds is 4. The molecule has 0 amide bonds. The molecule has 1 aliphatic rings. The molecule has 1 fully saturated rings. The first-order chi connectivity index (χ1) is 7.62. The van der Waals surface area contributed by atoms with Crippen LogP contribution >= 0.6 is 11.8 Å². The number of aromatic nitrogens is 3. The lowest BCUT2D eigenvalue weighted by atomic mass is 10.0. The number of hydrogen-bond donors (Lipinski definition) is 1. The van der Waals surface area contributed by atoms with Crippen molar-refractivity contribution in [2.75, 3.05) is 5.75 Å². The zero-order valence-corrected chi connectivity index (χ0v) is 10.0. The van der Waals surface area contributed by atoms with Gasteiger partial charge in [-0.1, -0.05) is 24.6 Å². The Morgan fingerprint density at radius 1 is 1.62 bits per heavy atom. The van der Waals surface area contributed by atoms with Crippen molar-refractivity contribution in [3.05, 3.63) is 6.33 Å². The van der Waals surface area contributed by atoms with Gasteiger partial charge < -0.3 is 9.67 Å². The summed E-state index contributed by atoms with van der Waals surface area (Å²) in [5.41, 5.74) is 0.0737. The van der Waals surface area contributed by atoms with Crippen molar-refractivity contribution < 1.29 is 9.90 Å². The molecule has 1 aromatic heterocycles. The van der Waals surface area contributed by atoms with Crippen LogP contribution in [0.3, 0.4) is 0 Å². The van der Waals surface area contributed by atoms with Gasteiger partial charge in [-0.2, -0.15) is 0 Å². The maximum absolute atomic E-state index is 10.5. The van der Waals surface area contributed by atoms with Gasteiger partial charge in [-0.05, 0) is 19.8 Å². The van der Waals surface area contributed by atoms with Crippen LogP contribution in [0.5, 0.6) is 0 Å². The van der Waals surface area contributed by atoms with Gasteiger partial charge in [0.2, 0.25) is 0 Å². The molecule has 88 valence electrons. The van der Waals surface area contributed by atoms with Gasteiger partial charge in [-0.3, -0.25) is 4.79 Å². The normalized spacial score (nSPS) is 18.8. The molecule has 2 rings (SSSR count). The second kappa shape index (κ2) is 4.45. The van der Waals surface area contributed by atoms with Crippen LogP contribution in [0, 0.1) is 0 Å². The fourth-order valence-corrected chi connectivity index (χ4v) is 2.96. The molecule has 0 bridgehead atoms. The Kier molecular flexibility index (Phi) is 3.18. The summed E-state index contributed by atoms with van der Waals surface area (Å²) < 4.78 is 2.04. The van der Waals surface area contributed by atoms with Crippen LogP contribution in [0.1, 0.15) is 32.6 Å². The van der Waals surface area contributed by atoms with E-state index >= 15 is 0 Å². The van der Waals surface area contributed by atoms with Crippen LogP contribution in [0.4, 0.5) is 0 Å². The molecule has 1 saturated carbocycles. The maximum Gasteiger partial charge on any atom is 0.313 e. The fourth-order valence-electron chi connectivity index (χ4n) is 2.20. The molecule has 0 spiro atoms. The molecule has 5 nitrogen and oxygen atoms in total. The molecule has 1 aromatic rings. The first-order valence-corrected chi connectivity index (χ1v) is 6.35. The van der Waals surface area contributed by atoms with Crippen molar-refractivity contribution in [3.8, 4) is 0 Å². The second-order valence-electron chi connectivity index (χ2n) is 4.37. The summed E-state index contributed by atoms with van der Waals surface area (Å²) >= 11 is 1.24. The predicted octanol–water partition coefficient (Wildman–Crippen LogP) is 1.74. The lowest BCUT2D eigenvalue weighted by Crippen LogP contribution is -2.26. The molecule has 1 heterocycles. The van der Waals surface area contributed by atoms with Gasteiger partial charge in [0.15, 0.2) is 5.16 Å². The summed E-state index contributed by atoms with van der Waals surface area (Å²) in [4.78, 5) is 10.5. The number of carboxylic acid groups (broad SMARTS) is 1. The van der Waals surface area contributed by atoms with E-state index in [4.69, 9.17) is 5.11 Å². The molecular formula is C10H15N3O2S. The zero-order chi connectivity index (χ0) is 11.6. The highest BCUT2D eigenvalue weighted by atomic mass is 32.2. The molecule has 6 heteroatoms. The number of hydrogen-bond acceptors (Lipinski definition) is 4. The summed E-state index contributed by atoms with van der Waals surface area (Å²) in [5, 5.41) is 17.2. The van der Waals surface area contributed by atoms with E-state index in [9.17, 15) is 4.79 Å². The number of carbonyl (C=O) groups is 1. The van der Waals surface area contributed by atoms with Gasteiger partial charge in [0.25, 0.3) is 0 Å². The Morgan fingerprint density at radius 3 is 2.94 bits per heavy atom. The summed E-state index contributed by atoms with van der Waals surface area (Å²) in [5.74, 6) is -0.787. The Balaban J connectivity index is 2.15. The maximum atomic E-state index is 10.5. The van der Waals surface area contributed by atoms with E-state index in [1.165, 1.54) is 24.6 Å². The first kappa shape index (κ1) is 11.4. The lowest BCUT2D eigenvalue weighted by Gasteiger charge is -2.26. The highest BCUT2D eigenvalue weighted by molar-refractivity contribution is 7.99. The van der Waals surface area contributed by atoms with E-state index in [-0.39, 0.29) is 11.3 Å². The summed E-state index contributed by atoms with van der Waals surface area (Å²) in [6.07, 6.45) is 6.39. The monoisotopic (exact) mass is 241 g/mol. The largest absolute Gasteiger partial charge is 0.481 e. The molecule has 0 aliphatic heterocycles. The second-order valence-corrected chi connectivity index (χ2v) is 5.31. The Morgan fingerprint density at radius 2 is 2.31 bits per heavy atom. The van der Waals surface area contributed by atoms with E-state index in [1.807, 2.05) is 4.57 Å². The Labute approximate surface area is 98.3 Å². The number of thioether (sulfide) groups is 1. The van der Waals surface area contributed by atoms with Crippen LogP contribution in [0.2, 0.25) is 0 Å². The van der Waals surface area contributed by atoms with Gasteiger partial charge in [-0.25, -0.2) is 0 Å². The minimum Gasteiger partial charge on any atom is -0.481 e. The van der Waals surface area contributed by atoms with Crippen molar-refractivity contribution >= 4 is 17.7 Å². The number of aliphatic carboxylic acids is 1. The van der Waals surface area contributed by atoms with E-state index in [0.717, 1.165) is 12.8 Å². The topological polar surface area (TPSA) is 68.0 Å². The average molecular weight is 241 g/mol. The zero-order valence-electron chi connectivity index (χ0n) is 9.22. The van der Waals surface area contributed by atoms with E-state index in [0.29, 0.717) is 5.16 Å². The number of carboxylic acids is 1. The van der Waals surface area contributed by atoms with Crippen LogP contribution < -0.4 is 0 Å². The fraction of sp³-hybridized carbons (Fsp3) is 0.700. The molecule has 1 aliphatic carbocycles. The summed E-state index contributed by atoms with van der Waals surface area (Å²) in [7, 11) is 0. The van der Waals surface area contributed by atoms with Crippen molar-refractivity contribution in [2.45, 2.75) is 43.3 Å². The van der Waals surface area contributed by atoms with E-state index in [1.54, 1.807) is 6.33 Å². The lowest BCUT2D eigenvalue weighted by molar-refractivity contribution is -0.133. The third-order valence-corrected chi connectivity index (χ3v) is 4.03. The minimum atomic E-state index is -0.823. The van der Waals surface area contributed by atoms with Gasteiger partial charge >= 0.3 is 5.97 Å². The van der Waals surface area contributed by atoms with Crippen LogP contribution in [-0.4, -0.2) is 31.6 Å². The van der Waals surface area contributed by atoms with Crippen molar-refractivity contribution in [2.24, 2.45) is 0 Å². The molecule has 1 N–H and O–H groups in total. The molecular weight excluding hydrogens is 226 g/mol. The van der Waals surface area contributed by atoms with Crippen LogP contribution in [0.15, 0.2) is 11.5 Å². The SMILES string of the molecule is CC1(n2cnnc2SCC(=O)O)CCCC1. The molecule has 16 heavy (non-hydrogen) atoms.